The Hall–Kier alpha value is -7.00. The normalized spacial score (nSPS) is 11.6. The van der Waals surface area contributed by atoms with Crippen LogP contribution in [-0.2, 0) is 0 Å². The number of nitrogens with zero attached hydrogens (tertiary/aromatic N) is 1. The highest BCUT2D eigenvalue weighted by molar-refractivity contribution is 7.26. The van der Waals surface area contributed by atoms with E-state index >= 15 is 0 Å². The van der Waals surface area contributed by atoms with Crippen LogP contribution in [0.15, 0.2) is 212 Å². The lowest BCUT2D eigenvalue weighted by molar-refractivity contribution is 1.31. The maximum Gasteiger partial charge on any atom is 0.0640 e. The average Bonchev–Trinajstić information content (AvgIpc) is 3.66. The molecule has 0 unspecified atom stereocenters. The lowest BCUT2D eigenvalue weighted by Crippen LogP contribution is -2.10. The van der Waals surface area contributed by atoms with E-state index in [1.54, 1.807) is 0 Å². The molecule has 11 rings (SSSR count). The van der Waals surface area contributed by atoms with Gasteiger partial charge in [-0.15, -0.1) is 11.3 Å². The number of thiophene rings is 1. The zero-order valence-corrected chi connectivity index (χ0v) is 31.4. The fourth-order valence-corrected chi connectivity index (χ4v) is 9.69. The van der Waals surface area contributed by atoms with E-state index in [1.165, 1.54) is 91.6 Å². The first-order valence-electron chi connectivity index (χ1n) is 19.2. The second-order valence-electron chi connectivity index (χ2n) is 14.5. The van der Waals surface area contributed by atoms with Crippen LogP contribution in [0.2, 0.25) is 0 Å². The number of hydrogen-bond donors (Lipinski definition) is 0. The SMILES string of the molecule is c1ccc(-c2cccc3cccc(-c4ccc(N(c5ccc6cc(-c7ccc8ccccc8c7)ccc6c5)c5cccc6c5sc5ccccc56)cc4)c23)cc1. The molecule has 0 atom stereocenters. The molecule has 0 aliphatic rings. The van der Waals surface area contributed by atoms with Crippen molar-refractivity contribution in [3.63, 3.8) is 0 Å². The summed E-state index contributed by atoms with van der Waals surface area (Å²) in [5.41, 5.74) is 10.8. The number of anilines is 3. The molecule has 262 valence electrons. The minimum Gasteiger partial charge on any atom is -0.309 e. The largest absolute Gasteiger partial charge is 0.309 e. The molecule has 11 aromatic rings. The van der Waals surface area contributed by atoms with Gasteiger partial charge in [0.2, 0.25) is 0 Å². The zero-order chi connectivity index (χ0) is 37.0. The highest BCUT2D eigenvalue weighted by Gasteiger charge is 2.19. The van der Waals surface area contributed by atoms with Crippen molar-refractivity contribution in [3.8, 4) is 33.4 Å². The number of fused-ring (bicyclic) bond motifs is 6. The summed E-state index contributed by atoms with van der Waals surface area (Å²) >= 11 is 1.87. The predicted octanol–water partition coefficient (Wildman–Crippen LogP) is 16.0. The maximum atomic E-state index is 2.44. The summed E-state index contributed by atoms with van der Waals surface area (Å²) in [4.78, 5) is 2.44. The van der Waals surface area contributed by atoms with Gasteiger partial charge in [0.25, 0.3) is 0 Å². The molecule has 1 heterocycles. The topological polar surface area (TPSA) is 3.24 Å². The van der Waals surface area contributed by atoms with Crippen molar-refractivity contribution < 1.29 is 0 Å². The van der Waals surface area contributed by atoms with Gasteiger partial charge in [-0.2, -0.15) is 0 Å². The second-order valence-corrected chi connectivity index (χ2v) is 15.6. The number of rotatable bonds is 6. The smallest absolute Gasteiger partial charge is 0.0640 e. The van der Waals surface area contributed by atoms with Gasteiger partial charge >= 0.3 is 0 Å². The first-order valence-corrected chi connectivity index (χ1v) is 20.0. The first kappa shape index (κ1) is 32.4. The van der Waals surface area contributed by atoms with Gasteiger partial charge in [-0.05, 0) is 114 Å². The summed E-state index contributed by atoms with van der Waals surface area (Å²) in [6.45, 7) is 0. The van der Waals surface area contributed by atoms with E-state index in [1.807, 2.05) is 11.3 Å². The third-order valence-electron chi connectivity index (χ3n) is 11.2. The molecule has 0 spiro atoms. The maximum absolute atomic E-state index is 2.44. The molecule has 56 heavy (non-hydrogen) atoms. The van der Waals surface area contributed by atoms with Crippen molar-refractivity contribution in [2.24, 2.45) is 0 Å². The highest BCUT2D eigenvalue weighted by Crippen LogP contribution is 2.46. The summed E-state index contributed by atoms with van der Waals surface area (Å²) in [5.74, 6) is 0. The monoisotopic (exact) mass is 729 g/mol. The van der Waals surface area contributed by atoms with Crippen LogP contribution in [0.5, 0.6) is 0 Å². The Morgan fingerprint density at radius 2 is 0.857 bits per heavy atom. The molecule has 0 amide bonds. The Bertz CT molecular complexity index is 3240. The van der Waals surface area contributed by atoms with Gasteiger partial charge < -0.3 is 4.90 Å². The van der Waals surface area contributed by atoms with Gasteiger partial charge in [-0.1, -0.05) is 164 Å². The van der Waals surface area contributed by atoms with E-state index in [9.17, 15) is 0 Å². The lowest BCUT2D eigenvalue weighted by Gasteiger charge is -2.27. The van der Waals surface area contributed by atoms with Crippen LogP contribution in [0.1, 0.15) is 0 Å². The van der Waals surface area contributed by atoms with Gasteiger partial charge in [0.1, 0.15) is 0 Å². The van der Waals surface area contributed by atoms with Crippen LogP contribution in [0.3, 0.4) is 0 Å². The van der Waals surface area contributed by atoms with Crippen molar-refractivity contribution >= 4 is 80.9 Å². The van der Waals surface area contributed by atoms with E-state index in [-0.39, 0.29) is 0 Å². The quantitative estimate of drug-likeness (QED) is 0.165. The van der Waals surface area contributed by atoms with Gasteiger partial charge in [-0.3, -0.25) is 0 Å². The van der Waals surface area contributed by atoms with Crippen LogP contribution < -0.4 is 4.90 Å². The van der Waals surface area contributed by atoms with Crippen molar-refractivity contribution in [1.82, 2.24) is 0 Å². The second kappa shape index (κ2) is 13.4. The molecule has 1 aromatic heterocycles. The molecule has 10 aromatic carbocycles. The van der Waals surface area contributed by atoms with Gasteiger partial charge in [0.05, 0.1) is 10.4 Å². The summed E-state index contributed by atoms with van der Waals surface area (Å²) in [6.07, 6.45) is 0. The Morgan fingerprint density at radius 3 is 1.64 bits per heavy atom. The van der Waals surface area contributed by atoms with Crippen molar-refractivity contribution in [3.05, 3.63) is 212 Å². The van der Waals surface area contributed by atoms with E-state index < -0.39 is 0 Å². The van der Waals surface area contributed by atoms with Gasteiger partial charge in [0.15, 0.2) is 0 Å². The van der Waals surface area contributed by atoms with Crippen LogP contribution in [-0.4, -0.2) is 0 Å². The molecule has 1 nitrogen and oxygen atoms in total. The van der Waals surface area contributed by atoms with Crippen LogP contribution in [0, 0.1) is 0 Å². The molecule has 2 heteroatoms. The van der Waals surface area contributed by atoms with E-state index in [0.717, 1.165) is 11.4 Å². The zero-order valence-electron chi connectivity index (χ0n) is 30.6. The molecule has 0 saturated carbocycles. The van der Waals surface area contributed by atoms with Gasteiger partial charge in [0, 0.05) is 26.8 Å². The Balaban J connectivity index is 1.05. The molecule has 0 aliphatic heterocycles. The summed E-state index contributed by atoms with van der Waals surface area (Å²) in [6, 6.07) is 77.8. The minimum atomic E-state index is 1.12. The summed E-state index contributed by atoms with van der Waals surface area (Å²) < 4.78 is 2.58. The third-order valence-corrected chi connectivity index (χ3v) is 12.4. The molecule has 0 saturated heterocycles. The predicted molar refractivity (Wildman–Crippen MR) is 243 cm³/mol. The van der Waals surface area contributed by atoms with E-state index in [0.29, 0.717) is 0 Å². The van der Waals surface area contributed by atoms with E-state index in [4.69, 9.17) is 0 Å². The fraction of sp³-hybridized carbons (Fsp3) is 0. The molecule has 0 fully saturated rings. The van der Waals surface area contributed by atoms with Crippen molar-refractivity contribution in [2.75, 3.05) is 4.90 Å². The lowest BCUT2D eigenvalue weighted by atomic mass is 9.91. The number of hydrogen-bond acceptors (Lipinski definition) is 2. The van der Waals surface area contributed by atoms with Crippen LogP contribution >= 0.6 is 11.3 Å². The minimum absolute atomic E-state index is 1.12. The Morgan fingerprint density at radius 1 is 0.321 bits per heavy atom. The Labute approximate surface area is 330 Å². The summed E-state index contributed by atoms with van der Waals surface area (Å²) in [7, 11) is 0. The van der Waals surface area contributed by atoms with Crippen molar-refractivity contribution in [1.29, 1.82) is 0 Å². The molecular formula is C54H35NS. The molecular weight excluding hydrogens is 695 g/mol. The average molecular weight is 730 g/mol. The standard InChI is InChI=1S/C54H35NS/c1-2-12-37(13-3-1)47-18-8-15-39-16-9-19-48(53(39)47)38-27-30-45(31-28-38)55(51-21-10-20-50-49-17-6-7-22-52(49)56-54(50)51)46-32-29-43-34-42(25-26-44(43)35-46)41-24-23-36-11-4-5-14-40(36)33-41/h1-35H. The third kappa shape index (κ3) is 5.54. The first-order chi connectivity index (χ1) is 27.7. The van der Waals surface area contributed by atoms with Gasteiger partial charge in [-0.25, -0.2) is 0 Å². The number of benzene rings is 10. The van der Waals surface area contributed by atoms with Crippen LogP contribution in [0.25, 0.3) is 85.9 Å². The molecule has 0 N–H and O–H groups in total. The summed E-state index contributed by atoms with van der Waals surface area (Å²) in [5, 5.41) is 10.1. The molecule has 0 bridgehead atoms. The fourth-order valence-electron chi connectivity index (χ4n) is 8.49. The highest BCUT2D eigenvalue weighted by atomic mass is 32.1. The molecule has 0 radical (unpaired) electrons. The molecule has 0 aliphatic carbocycles. The van der Waals surface area contributed by atoms with Crippen LogP contribution in [0.4, 0.5) is 17.1 Å². The Kier molecular flexibility index (Phi) is 7.75. The van der Waals surface area contributed by atoms with Crippen molar-refractivity contribution in [2.45, 2.75) is 0 Å². The van der Waals surface area contributed by atoms with E-state index in [2.05, 4.69) is 217 Å².